The molecule has 1 aliphatic heterocycles. The predicted molar refractivity (Wildman–Crippen MR) is 60.8 cm³/mol. The van der Waals surface area contributed by atoms with Crippen LogP contribution >= 0.6 is 11.8 Å². The Hall–Kier alpha value is -0.550. The maximum absolute atomic E-state index is 10.0. The van der Waals surface area contributed by atoms with Gasteiger partial charge in [0, 0.05) is 24.9 Å². The van der Waals surface area contributed by atoms with Gasteiger partial charge in [-0.05, 0) is 18.6 Å². The van der Waals surface area contributed by atoms with Gasteiger partial charge in [0.1, 0.15) is 0 Å². The van der Waals surface area contributed by atoms with Crippen LogP contribution in [0.1, 0.15) is 25.0 Å². The fourth-order valence-electron chi connectivity index (χ4n) is 1.90. The van der Waals surface area contributed by atoms with E-state index in [1.807, 2.05) is 25.0 Å². The maximum Gasteiger partial charge on any atom is 0.0853 e. The van der Waals surface area contributed by atoms with E-state index < -0.39 is 0 Å². The molecule has 1 aliphatic rings. The number of hydrogen-bond acceptors (Lipinski definition) is 4. The van der Waals surface area contributed by atoms with Gasteiger partial charge in [-0.25, -0.2) is 0 Å². The lowest BCUT2D eigenvalue weighted by Crippen LogP contribution is -2.28. The summed E-state index contributed by atoms with van der Waals surface area (Å²) < 4.78 is 1.68. The molecule has 1 N–H and O–H groups in total. The van der Waals surface area contributed by atoms with Crippen molar-refractivity contribution in [2.45, 2.75) is 37.0 Å². The summed E-state index contributed by atoms with van der Waals surface area (Å²) in [5.41, 5.74) is 0.885. The van der Waals surface area contributed by atoms with Gasteiger partial charge in [0.15, 0.2) is 0 Å². The monoisotopic (exact) mass is 227 g/mol. The summed E-state index contributed by atoms with van der Waals surface area (Å²) in [4.78, 5) is 0. The summed E-state index contributed by atoms with van der Waals surface area (Å²) in [6.07, 6.45) is 5.90. The van der Waals surface area contributed by atoms with Crippen LogP contribution in [0.25, 0.3) is 0 Å². The molecular weight excluding hydrogens is 210 g/mol. The molecule has 2 unspecified atom stereocenters. The number of nitrogens with zero attached hydrogens (tertiary/aromatic N) is 3. The van der Waals surface area contributed by atoms with Crippen molar-refractivity contribution in [3.8, 4) is 0 Å². The first-order valence-corrected chi connectivity index (χ1v) is 6.45. The number of thioether (sulfide) groups is 1. The van der Waals surface area contributed by atoms with E-state index in [-0.39, 0.29) is 6.10 Å². The van der Waals surface area contributed by atoms with Crippen molar-refractivity contribution in [2.75, 3.05) is 5.75 Å². The van der Waals surface area contributed by atoms with Gasteiger partial charge in [0.2, 0.25) is 0 Å². The second-order valence-electron chi connectivity index (χ2n) is 4.06. The molecule has 0 aromatic carbocycles. The Morgan fingerprint density at radius 1 is 1.67 bits per heavy atom. The standard InChI is InChI=1S/C10H17N3OS/c1-13-7-8(11-12-13)6-9(14)10-4-2-3-5-15-10/h7,9-10,14H,2-6H2,1H3. The highest BCUT2D eigenvalue weighted by atomic mass is 32.2. The van der Waals surface area contributed by atoms with E-state index in [2.05, 4.69) is 10.3 Å². The lowest BCUT2D eigenvalue weighted by molar-refractivity contribution is 0.165. The molecule has 0 aliphatic carbocycles. The van der Waals surface area contributed by atoms with Crippen molar-refractivity contribution >= 4 is 11.8 Å². The summed E-state index contributed by atoms with van der Waals surface area (Å²) >= 11 is 1.89. The second kappa shape index (κ2) is 4.99. The normalized spacial score (nSPS) is 24.0. The SMILES string of the molecule is Cn1cc(CC(O)C2CCCCS2)nn1. The molecule has 1 fully saturated rings. The third kappa shape index (κ3) is 2.95. The number of aliphatic hydroxyl groups excluding tert-OH is 1. The minimum absolute atomic E-state index is 0.271. The van der Waals surface area contributed by atoms with Crippen molar-refractivity contribution in [1.82, 2.24) is 15.0 Å². The Kier molecular flexibility index (Phi) is 3.64. The van der Waals surface area contributed by atoms with Gasteiger partial charge >= 0.3 is 0 Å². The van der Waals surface area contributed by atoms with E-state index in [4.69, 9.17) is 0 Å². The number of rotatable bonds is 3. The number of aromatic nitrogens is 3. The number of aliphatic hydroxyl groups is 1. The van der Waals surface area contributed by atoms with Crippen LogP contribution in [0.3, 0.4) is 0 Å². The molecule has 5 heteroatoms. The van der Waals surface area contributed by atoms with E-state index in [9.17, 15) is 5.11 Å². The number of hydrogen-bond donors (Lipinski definition) is 1. The van der Waals surface area contributed by atoms with Crippen LogP contribution < -0.4 is 0 Å². The van der Waals surface area contributed by atoms with E-state index in [1.165, 1.54) is 18.6 Å². The van der Waals surface area contributed by atoms with E-state index in [0.717, 1.165) is 12.1 Å². The molecule has 0 bridgehead atoms. The van der Waals surface area contributed by atoms with Crippen molar-refractivity contribution in [2.24, 2.45) is 7.05 Å². The minimum Gasteiger partial charge on any atom is -0.392 e. The first kappa shape index (κ1) is 11.0. The van der Waals surface area contributed by atoms with Crippen LogP contribution in [0.4, 0.5) is 0 Å². The molecule has 1 saturated heterocycles. The van der Waals surface area contributed by atoms with E-state index in [0.29, 0.717) is 11.7 Å². The molecule has 1 aromatic rings. The van der Waals surface area contributed by atoms with E-state index >= 15 is 0 Å². The van der Waals surface area contributed by atoms with E-state index in [1.54, 1.807) is 4.68 Å². The third-order valence-corrected chi connectivity index (χ3v) is 4.21. The second-order valence-corrected chi connectivity index (χ2v) is 5.41. The van der Waals surface area contributed by atoms with Gasteiger partial charge in [-0.2, -0.15) is 11.8 Å². The highest BCUT2D eigenvalue weighted by Crippen LogP contribution is 2.28. The molecule has 15 heavy (non-hydrogen) atoms. The smallest absolute Gasteiger partial charge is 0.0853 e. The molecule has 4 nitrogen and oxygen atoms in total. The Bertz CT molecular complexity index is 309. The van der Waals surface area contributed by atoms with Crippen LogP contribution in [-0.4, -0.2) is 37.2 Å². The van der Waals surface area contributed by atoms with Crippen LogP contribution in [0.15, 0.2) is 6.20 Å². The van der Waals surface area contributed by atoms with Gasteiger partial charge in [0.05, 0.1) is 11.8 Å². The van der Waals surface area contributed by atoms with Crippen molar-refractivity contribution in [3.05, 3.63) is 11.9 Å². The Balaban J connectivity index is 1.88. The third-order valence-electron chi connectivity index (χ3n) is 2.71. The molecule has 0 radical (unpaired) electrons. The summed E-state index contributed by atoms with van der Waals surface area (Å²) in [7, 11) is 1.85. The summed E-state index contributed by atoms with van der Waals surface area (Å²) in [6.45, 7) is 0. The average Bonchev–Trinajstić information content (AvgIpc) is 2.65. The molecule has 2 rings (SSSR count). The van der Waals surface area contributed by atoms with Gasteiger partial charge in [-0.3, -0.25) is 4.68 Å². The molecule has 2 heterocycles. The topological polar surface area (TPSA) is 50.9 Å². The zero-order valence-electron chi connectivity index (χ0n) is 8.96. The lowest BCUT2D eigenvalue weighted by Gasteiger charge is -2.25. The van der Waals surface area contributed by atoms with Crippen LogP contribution in [-0.2, 0) is 13.5 Å². The number of aryl methyl sites for hydroxylation is 1. The molecule has 2 atom stereocenters. The largest absolute Gasteiger partial charge is 0.392 e. The zero-order chi connectivity index (χ0) is 10.7. The Labute approximate surface area is 94.1 Å². The van der Waals surface area contributed by atoms with Crippen molar-refractivity contribution in [1.29, 1.82) is 0 Å². The summed E-state index contributed by atoms with van der Waals surface area (Å²) in [5, 5.41) is 18.3. The summed E-state index contributed by atoms with van der Waals surface area (Å²) in [6, 6.07) is 0. The van der Waals surface area contributed by atoms with Crippen LogP contribution in [0.5, 0.6) is 0 Å². The highest BCUT2D eigenvalue weighted by Gasteiger charge is 2.23. The fraction of sp³-hybridized carbons (Fsp3) is 0.800. The molecule has 84 valence electrons. The van der Waals surface area contributed by atoms with Gasteiger partial charge < -0.3 is 5.11 Å². The molecule has 0 saturated carbocycles. The molecule has 1 aromatic heterocycles. The molecular formula is C10H17N3OS. The quantitative estimate of drug-likeness (QED) is 0.837. The van der Waals surface area contributed by atoms with Crippen LogP contribution in [0.2, 0.25) is 0 Å². The Morgan fingerprint density at radius 3 is 3.13 bits per heavy atom. The fourth-order valence-corrected chi connectivity index (χ4v) is 3.23. The van der Waals surface area contributed by atoms with Gasteiger partial charge in [-0.1, -0.05) is 11.6 Å². The van der Waals surface area contributed by atoms with Crippen molar-refractivity contribution in [3.63, 3.8) is 0 Å². The zero-order valence-corrected chi connectivity index (χ0v) is 9.78. The summed E-state index contributed by atoms with van der Waals surface area (Å²) in [5.74, 6) is 1.18. The van der Waals surface area contributed by atoms with Gasteiger partial charge in [-0.15, -0.1) is 5.10 Å². The predicted octanol–water partition coefficient (Wildman–Crippen LogP) is 1.00. The molecule has 0 spiro atoms. The van der Waals surface area contributed by atoms with Crippen molar-refractivity contribution < 1.29 is 5.11 Å². The minimum atomic E-state index is -0.271. The maximum atomic E-state index is 10.0. The van der Waals surface area contributed by atoms with Crippen LogP contribution in [0, 0.1) is 0 Å². The Morgan fingerprint density at radius 2 is 2.53 bits per heavy atom. The average molecular weight is 227 g/mol. The first-order chi connectivity index (χ1) is 7.25. The lowest BCUT2D eigenvalue weighted by atomic mass is 10.1. The molecule has 0 amide bonds. The first-order valence-electron chi connectivity index (χ1n) is 5.40. The highest BCUT2D eigenvalue weighted by molar-refractivity contribution is 8.00. The van der Waals surface area contributed by atoms with Gasteiger partial charge in [0.25, 0.3) is 0 Å².